The largest absolute Gasteiger partial charge is 0.0616 e. The molecule has 1 heteroatoms. The molecule has 0 aliphatic heterocycles. The standard InChI is InChI=1S/C18H37.C10H8.Na/c1-3-5-7-9-11-13-15-17-18-16-14-12-10-8-6-4-2;1-2-6-10-8-4-3-7-9(10)5-1;/h1,3-18H2,2H3;1-8H;. The summed E-state index contributed by atoms with van der Waals surface area (Å²) in [5, 5.41) is 2.62. The SMILES string of the molecule is CCCCCCCCCCCCCCCCC[CH2][Na].c1ccc2ccccc2c1. The molecule has 0 fully saturated rings. The minimum atomic E-state index is 1.31. The van der Waals surface area contributed by atoms with Crippen molar-refractivity contribution in [3.05, 3.63) is 48.5 Å². The van der Waals surface area contributed by atoms with E-state index in [0.29, 0.717) is 0 Å². The summed E-state index contributed by atoms with van der Waals surface area (Å²) in [5.74, 6) is 0. The molecule has 0 spiro atoms. The minimum absolute atomic E-state index is 1.31. The van der Waals surface area contributed by atoms with Gasteiger partial charge in [0, 0.05) is 0 Å². The zero-order valence-electron chi connectivity index (χ0n) is 19.6. The number of unbranched alkanes of at least 4 members (excludes halogenated alkanes) is 15. The molecule has 2 aromatic rings. The molecule has 0 N–H and O–H groups in total. The van der Waals surface area contributed by atoms with Gasteiger partial charge < -0.3 is 0 Å². The van der Waals surface area contributed by atoms with Crippen molar-refractivity contribution in [1.29, 1.82) is 0 Å². The number of rotatable bonds is 16. The average Bonchev–Trinajstić information content (AvgIpc) is 2.77. The van der Waals surface area contributed by atoms with Gasteiger partial charge in [0.25, 0.3) is 0 Å². The van der Waals surface area contributed by atoms with Crippen LogP contribution in [-0.2, 0) is 0 Å². The van der Waals surface area contributed by atoms with Crippen LogP contribution < -0.4 is 0 Å². The number of fused-ring (bicyclic) bond motifs is 1. The van der Waals surface area contributed by atoms with E-state index < -0.39 is 0 Å². The van der Waals surface area contributed by atoms with Crippen molar-refractivity contribution in [2.75, 3.05) is 0 Å². The van der Waals surface area contributed by atoms with E-state index >= 15 is 0 Å². The molecule has 0 amide bonds. The van der Waals surface area contributed by atoms with Crippen LogP contribution in [0.1, 0.15) is 110 Å². The smallest absolute Gasteiger partial charge is 0.0184 e. The van der Waals surface area contributed by atoms with Crippen molar-refractivity contribution in [3.63, 3.8) is 0 Å². The Hall–Kier alpha value is -0.300. The van der Waals surface area contributed by atoms with Crippen LogP contribution in [-0.4, -0.2) is 27.9 Å². The quantitative estimate of drug-likeness (QED) is 0.193. The normalized spacial score (nSPS) is 10.7. The van der Waals surface area contributed by atoms with Crippen molar-refractivity contribution >= 4 is 38.7 Å². The van der Waals surface area contributed by atoms with Crippen LogP contribution in [0.2, 0.25) is 3.67 Å². The summed E-state index contributed by atoms with van der Waals surface area (Å²) in [6, 6.07) is 16.7. The van der Waals surface area contributed by atoms with Crippen molar-refractivity contribution in [2.24, 2.45) is 0 Å². The first kappa shape index (κ1) is 26.7. The Morgan fingerprint density at radius 3 is 1.00 bits per heavy atom. The number of benzene rings is 2. The third kappa shape index (κ3) is 16.1. The topological polar surface area (TPSA) is 0 Å². The third-order valence-electron chi connectivity index (χ3n) is 5.87. The van der Waals surface area contributed by atoms with E-state index in [9.17, 15) is 0 Å². The third-order valence-corrected chi connectivity index (χ3v) is 6.57. The second-order valence-electron chi connectivity index (χ2n) is 8.65. The molecule has 2 rings (SSSR count). The Kier molecular flexibility index (Phi) is 19.3. The van der Waals surface area contributed by atoms with Gasteiger partial charge in [0.1, 0.15) is 0 Å². The molecular formula is C28H45Na. The van der Waals surface area contributed by atoms with E-state index in [1.54, 1.807) is 0 Å². The van der Waals surface area contributed by atoms with Crippen LogP contribution in [0.4, 0.5) is 0 Å². The van der Waals surface area contributed by atoms with Crippen LogP contribution in [0.25, 0.3) is 10.8 Å². The second kappa shape index (κ2) is 21.0. The molecule has 0 bridgehead atoms. The van der Waals surface area contributed by atoms with Crippen LogP contribution in [0.3, 0.4) is 0 Å². The van der Waals surface area contributed by atoms with E-state index in [2.05, 4.69) is 55.5 Å². The average molecular weight is 405 g/mol. The Bertz CT molecular complexity index is 496. The maximum Gasteiger partial charge on any atom is -0.0184 e. The molecule has 2 aromatic carbocycles. The summed E-state index contributed by atoms with van der Waals surface area (Å²) >= 11 is 1.41. The number of hydrogen-bond donors (Lipinski definition) is 0. The van der Waals surface area contributed by atoms with E-state index in [1.807, 2.05) is 0 Å². The van der Waals surface area contributed by atoms with Crippen molar-refractivity contribution in [3.8, 4) is 0 Å². The molecule has 0 atom stereocenters. The van der Waals surface area contributed by atoms with Gasteiger partial charge in [-0.2, -0.15) is 0 Å². The van der Waals surface area contributed by atoms with Crippen LogP contribution in [0, 0.1) is 0 Å². The maximum atomic E-state index is 2.30. The van der Waals surface area contributed by atoms with Crippen LogP contribution in [0.5, 0.6) is 0 Å². The molecule has 0 saturated carbocycles. The van der Waals surface area contributed by atoms with E-state index in [1.165, 1.54) is 145 Å². The van der Waals surface area contributed by atoms with Crippen molar-refractivity contribution in [1.82, 2.24) is 0 Å². The Morgan fingerprint density at radius 1 is 0.448 bits per heavy atom. The van der Waals surface area contributed by atoms with Gasteiger partial charge in [-0.3, -0.25) is 0 Å². The fraction of sp³-hybridized carbons (Fsp3) is 0.643. The predicted molar refractivity (Wildman–Crippen MR) is 134 cm³/mol. The first-order chi connectivity index (χ1) is 14.4. The fourth-order valence-corrected chi connectivity index (χ4v) is 4.43. The molecule has 0 unspecified atom stereocenters. The van der Waals surface area contributed by atoms with Gasteiger partial charge in [0.05, 0.1) is 0 Å². The summed E-state index contributed by atoms with van der Waals surface area (Å²) in [6.07, 6.45) is 23.7. The molecule has 0 heterocycles. The van der Waals surface area contributed by atoms with Crippen molar-refractivity contribution in [2.45, 2.75) is 113 Å². The molecule has 0 aliphatic carbocycles. The molecule has 0 aliphatic rings. The van der Waals surface area contributed by atoms with E-state index in [-0.39, 0.29) is 0 Å². The molecule has 29 heavy (non-hydrogen) atoms. The van der Waals surface area contributed by atoms with Gasteiger partial charge in [-0.25, -0.2) is 0 Å². The zero-order chi connectivity index (χ0) is 20.8. The van der Waals surface area contributed by atoms with Crippen LogP contribution >= 0.6 is 0 Å². The summed E-state index contributed by atoms with van der Waals surface area (Å²) in [6.45, 7) is 2.30. The maximum absolute atomic E-state index is 2.30. The molecule has 158 valence electrons. The Morgan fingerprint density at radius 2 is 0.724 bits per heavy atom. The summed E-state index contributed by atoms with van der Waals surface area (Å²) < 4.78 is 1.51. The molecule has 0 aromatic heterocycles. The monoisotopic (exact) mass is 404 g/mol. The van der Waals surface area contributed by atoms with E-state index in [0.717, 1.165) is 0 Å². The minimum Gasteiger partial charge on any atom is -0.0616 e. The van der Waals surface area contributed by atoms with Crippen molar-refractivity contribution < 1.29 is 0 Å². The van der Waals surface area contributed by atoms with E-state index in [4.69, 9.17) is 0 Å². The Labute approximate surface area is 199 Å². The van der Waals surface area contributed by atoms with Gasteiger partial charge in [-0.05, 0) is 10.8 Å². The first-order valence-corrected chi connectivity index (χ1v) is 14.2. The number of hydrogen-bond acceptors (Lipinski definition) is 0. The Balaban J connectivity index is 0.000000345. The summed E-state index contributed by atoms with van der Waals surface area (Å²) in [4.78, 5) is 0. The fourth-order valence-electron chi connectivity index (χ4n) is 3.93. The van der Waals surface area contributed by atoms with Gasteiger partial charge in [0.15, 0.2) is 0 Å². The van der Waals surface area contributed by atoms with Gasteiger partial charge in [-0.15, -0.1) is 0 Å². The van der Waals surface area contributed by atoms with Gasteiger partial charge in [0.2, 0.25) is 0 Å². The first-order valence-electron chi connectivity index (χ1n) is 12.8. The molecule has 0 saturated heterocycles. The summed E-state index contributed by atoms with van der Waals surface area (Å²) in [7, 11) is 0. The second-order valence-corrected chi connectivity index (χ2v) is 9.65. The van der Waals surface area contributed by atoms with Gasteiger partial charge in [-0.1, -0.05) is 87.6 Å². The molecule has 0 nitrogen and oxygen atoms in total. The zero-order valence-corrected chi connectivity index (χ0v) is 21.6. The summed E-state index contributed by atoms with van der Waals surface area (Å²) in [5.41, 5.74) is 0. The predicted octanol–water partition coefficient (Wildman–Crippen LogP) is 9.67. The molecule has 0 radical (unpaired) electrons. The van der Waals surface area contributed by atoms with Crippen LogP contribution in [0.15, 0.2) is 48.5 Å². The van der Waals surface area contributed by atoms with Gasteiger partial charge >= 0.3 is 102 Å². The molecular weight excluding hydrogens is 359 g/mol.